The number of nitrogens with two attached hydrogens (primary N) is 1. The Kier molecular flexibility index (Phi) is 7.62. The molecule has 0 saturated carbocycles. The number of primary sulfonamides is 1. The van der Waals surface area contributed by atoms with Gasteiger partial charge in [-0.25, -0.2) is 13.6 Å². The van der Waals surface area contributed by atoms with E-state index in [9.17, 15) is 13.2 Å². The van der Waals surface area contributed by atoms with Gasteiger partial charge in [0.1, 0.15) is 5.75 Å². The van der Waals surface area contributed by atoms with Gasteiger partial charge in [0, 0.05) is 0 Å². The molecule has 31 heavy (non-hydrogen) atoms. The summed E-state index contributed by atoms with van der Waals surface area (Å²) in [6.45, 7) is 0. The zero-order valence-corrected chi connectivity index (χ0v) is 19.7. The summed E-state index contributed by atoms with van der Waals surface area (Å²) in [4.78, 5) is 12.0. The van der Waals surface area contributed by atoms with Crippen molar-refractivity contribution in [2.75, 3.05) is 23.5 Å². The highest BCUT2D eigenvalue weighted by molar-refractivity contribution is 8.01. The Morgan fingerprint density at radius 2 is 1.90 bits per heavy atom. The van der Waals surface area contributed by atoms with Crippen LogP contribution in [0.25, 0.3) is 0 Å². The lowest BCUT2D eigenvalue weighted by atomic mass is 10.3. The van der Waals surface area contributed by atoms with Crippen LogP contribution in [-0.2, 0) is 14.8 Å². The van der Waals surface area contributed by atoms with Crippen LogP contribution in [0.5, 0.6) is 5.75 Å². The van der Waals surface area contributed by atoms with E-state index in [0.29, 0.717) is 15.2 Å². The smallest absolute Gasteiger partial charge is 0.238 e. The first-order valence-electron chi connectivity index (χ1n) is 8.35. The zero-order valence-electron chi connectivity index (χ0n) is 15.8. The first-order chi connectivity index (χ1) is 14.7. The molecule has 0 unspecified atom stereocenters. The monoisotopic (exact) mass is 519 g/mol. The highest BCUT2D eigenvalue weighted by Crippen LogP contribution is 2.34. The first kappa shape index (κ1) is 23.6. The number of benzene rings is 2. The van der Waals surface area contributed by atoms with E-state index in [4.69, 9.17) is 33.1 Å². The third-order valence-corrected chi connectivity index (χ3v) is 7.15. The van der Waals surface area contributed by atoms with Crippen LogP contribution in [0.4, 0.5) is 16.5 Å². The molecule has 0 fully saturated rings. The summed E-state index contributed by atoms with van der Waals surface area (Å²) in [7, 11) is -2.41. The van der Waals surface area contributed by atoms with Gasteiger partial charge in [0.2, 0.25) is 21.1 Å². The average Bonchev–Trinajstić information content (AvgIpc) is 3.16. The van der Waals surface area contributed by atoms with Crippen molar-refractivity contribution >= 4 is 78.7 Å². The number of ether oxygens (including phenoxy) is 1. The van der Waals surface area contributed by atoms with Crippen molar-refractivity contribution in [3.8, 4) is 5.75 Å². The number of rotatable bonds is 8. The SMILES string of the molecule is COc1ccccc1Nc1nnc(SCC(=O)Nc2c(Cl)cc(S(N)(=O)=O)cc2Cl)s1. The van der Waals surface area contributed by atoms with Gasteiger partial charge in [-0.2, -0.15) is 0 Å². The fourth-order valence-corrected chi connectivity index (χ4v) is 5.16. The van der Waals surface area contributed by atoms with E-state index in [-0.39, 0.29) is 26.4 Å². The molecule has 1 amide bonds. The first-order valence-corrected chi connectivity index (χ1v) is 12.5. The highest BCUT2D eigenvalue weighted by Gasteiger charge is 2.17. The van der Waals surface area contributed by atoms with Crippen LogP contribution in [0.1, 0.15) is 0 Å². The van der Waals surface area contributed by atoms with Gasteiger partial charge in [-0.3, -0.25) is 4.79 Å². The fraction of sp³-hybridized carbons (Fsp3) is 0.118. The van der Waals surface area contributed by atoms with E-state index < -0.39 is 15.9 Å². The molecule has 0 radical (unpaired) electrons. The van der Waals surface area contributed by atoms with Crippen LogP contribution in [0, 0.1) is 0 Å². The van der Waals surface area contributed by atoms with Gasteiger partial charge in [-0.15, -0.1) is 10.2 Å². The molecule has 0 bridgehead atoms. The quantitative estimate of drug-likeness (QED) is 0.380. The topological polar surface area (TPSA) is 136 Å². The van der Waals surface area contributed by atoms with Crippen molar-refractivity contribution in [1.29, 1.82) is 0 Å². The van der Waals surface area contributed by atoms with Gasteiger partial charge < -0.3 is 15.4 Å². The number of halogens is 2. The Balaban J connectivity index is 1.61. The molecule has 3 rings (SSSR count). The van der Waals surface area contributed by atoms with Crippen molar-refractivity contribution < 1.29 is 17.9 Å². The summed E-state index contributed by atoms with van der Waals surface area (Å²) in [5.74, 6) is 0.257. The largest absolute Gasteiger partial charge is 0.495 e. The fourth-order valence-electron chi connectivity index (χ4n) is 2.32. The van der Waals surface area contributed by atoms with Crippen molar-refractivity contribution in [3.05, 3.63) is 46.4 Å². The molecule has 4 N–H and O–H groups in total. The molecular formula is C17H15Cl2N5O4S3. The third-order valence-electron chi connectivity index (χ3n) is 3.69. The minimum Gasteiger partial charge on any atom is -0.495 e. The van der Waals surface area contributed by atoms with Crippen molar-refractivity contribution in [2.45, 2.75) is 9.24 Å². The third kappa shape index (κ3) is 6.21. The van der Waals surface area contributed by atoms with Crippen LogP contribution < -0.4 is 20.5 Å². The molecule has 0 spiro atoms. The van der Waals surface area contributed by atoms with Crippen LogP contribution in [0.3, 0.4) is 0 Å². The summed E-state index contributed by atoms with van der Waals surface area (Å²) < 4.78 is 28.7. The van der Waals surface area contributed by atoms with Crippen LogP contribution in [0.2, 0.25) is 10.0 Å². The number of hydrogen-bond donors (Lipinski definition) is 3. The summed E-state index contributed by atoms with van der Waals surface area (Å²) in [6, 6.07) is 9.60. The molecule has 0 aliphatic rings. The van der Waals surface area contributed by atoms with Crippen LogP contribution in [-0.4, -0.2) is 37.4 Å². The predicted molar refractivity (Wildman–Crippen MR) is 123 cm³/mol. The number of para-hydroxylation sites is 2. The van der Waals surface area contributed by atoms with Gasteiger partial charge in [0.25, 0.3) is 0 Å². The summed E-state index contributed by atoms with van der Waals surface area (Å²) in [5, 5.41) is 19.3. The molecule has 9 nitrogen and oxygen atoms in total. The Labute approximate surface area is 196 Å². The average molecular weight is 520 g/mol. The maximum atomic E-state index is 12.3. The Morgan fingerprint density at radius 3 is 2.55 bits per heavy atom. The summed E-state index contributed by atoms with van der Waals surface area (Å²) >= 11 is 14.5. The number of nitrogens with zero attached hydrogens (tertiary/aromatic N) is 2. The maximum absolute atomic E-state index is 12.3. The molecule has 2 aromatic carbocycles. The van der Waals surface area contributed by atoms with E-state index in [2.05, 4.69) is 20.8 Å². The molecule has 14 heteroatoms. The molecule has 0 aliphatic carbocycles. The van der Waals surface area contributed by atoms with E-state index in [1.165, 1.54) is 23.1 Å². The maximum Gasteiger partial charge on any atom is 0.238 e. The zero-order chi connectivity index (χ0) is 22.6. The highest BCUT2D eigenvalue weighted by atomic mass is 35.5. The molecule has 164 valence electrons. The Bertz CT molecular complexity index is 1200. The number of carbonyl (C=O) groups excluding carboxylic acids is 1. The lowest BCUT2D eigenvalue weighted by molar-refractivity contribution is -0.113. The molecular weight excluding hydrogens is 505 g/mol. The number of aromatic nitrogens is 2. The van der Waals surface area contributed by atoms with E-state index in [1.54, 1.807) is 7.11 Å². The number of carbonyl (C=O) groups is 1. The van der Waals surface area contributed by atoms with Gasteiger partial charge >= 0.3 is 0 Å². The number of nitrogens with one attached hydrogen (secondary N) is 2. The number of methoxy groups -OCH3 is 1. The minimum absolute atomic E-state index is 0.00683. The number of hydrogen-bond acceptors (Lipinski definition) is 9. The molecule has 0 aliphatic heterocycles. The standard InChI is InChI=1S/C17H15Cl2N5O4S3/c1-28-13-5-3-2-4-12(13)21-16-23-24-17(30-16)29-8-14(25)22-15-10(18)6-9(7-11(15)19)31(20,26)27/h2-7H,8H2,1H3,(H,21,23)(H,22,25)(H2,20,26,27). The van der Waals surface area contributed by atoms with E-state index in [1.807, 2.05) is 24.3 Å². The molecule has 3 aromatic rings. The molecule has 1 heterocycles. The number of amides is 1. The predicted octanol–water partition coefficient (Wildman–Crippen LogP) is 3.98. The second-order valence-corrected chi connectivity index (χ2v) is 10.4. The van der Waals surface area contributed by atoms with E-state index in [0.717, 1.165) is 17.8 Å². The molecule has 0 atom stereocenters. The molecule has 0 saturated heterocycles. The Morgan fingerprint density at radius 1 is 1.23 bits per heavy atom. The van der Waals surface area contributed by atoms with Crippen molar-refractivity contribution in [2.24, 2.45) is 5.14 Å². The van der Waals surface area contributed by atoms with Gasteiger partial charge in [-0.1, -0.05) is 58.4 Å². The van der Waals surface area contributed by atoms with Crippen LogP contribution >= 0.6 is 46.3 Å². The number of anilines is 3. The Hall–Kier alpha value is -2.09. The van der Waals surface area contributed by atoms with Gasteiger partial charge in [0.05, 0.1) is 39.2 Å². The number of sulfonamides is 1. The lowest BCUT2D eigenvalue weighted by Gasteiger charge is -2.10. The van der Waals surface area contributed by atoms with Crippen molar-refractivity contribution in [1.82, 2.24) is 10.2 Å². The second-order valence-electron chi connectivity index (χ2n) is 5.84. The summed E-state index contributed by atoms with van der Waals surface area (Å²) in [5.41, 5.74) is 0.833. The minimum atomic E-state index is -3.98. The second kappa shape index (κ2) is 10.0. The normalized spacial score (nSPS) is 11.2. The van der Waals surface area contributed by atoms with Gasteiger partial charge in [0.15, 0.2) is 4.34 Å². The summed E-state index contributed by atoms with van der Waals surface area (Å²) in [6.07, 6.45) is 0. The molecule has 1 aromatic heterocycles. The van der Waals surface area contributed by atoms with Crippen molar-refractivity contribution in [3.63, 3.8) is 0 Å². The number of thioether (sulfide) groups is 1. The van der Waals surface area contributed by atoms with E-state index >= 15 is 0 Å². The lowest BCUT2D eigenvalue weighted by Crippen LogP contribution is -2.16. The van der Waals surface area contributed by atoms with Crippen LogP contribution in [0.15, 0.2) is 45.6 Å². The van der Waals surface area contributed by atoms with Gasteiger partial charge in [-0.05, 0) is 24.3 Å².